The summed E-state index contributed by atoms with van der Waals surface area (Å²) in [4.78, 5) is 23.1. The summed E-state index contributed by atoms with van der Waals surface area (Å²) in [5.74, 6) is 2.71. The molecule has 1 fully saturated rings. The zero-order valence-electron chi connectivity index (χ0n) is 14.6. The number of carbonyl (C=O) groups is 1. The number of hydrogen-bond acceptors (Lipinski definition) is 4. The molecule has 23 heavy (non-hydrogen) atoms. The van der Waals surface area contributed by atoms with E-state index < -0.39 is 0 Å². The molecular formula is C18H28N4O. The van der Waals surface area contributed by atoms with Gasteiger partial charge in [0.1, 0.15) is 11.6 Å². The van der Waals surface area contributed by atoms with E-state index in [1.165, 1.54) is 29.9 Å². The monoisotopic (exact) mass is 316 g/mol. The van der Waals surface area contributed by atoms with Crippen LogP contribution in [0.25, 0.3) is 0 Å². The van der Waals surface area contributed by atoms with Crippen molar-refractivity contribution in [3.05, 3.63) is 17.1 Å². The van der Waals surface area contributed by atoms with Crippen LogP contribution in [-0.4, -0.2) is 35.0 Å². The van der Waals surface area contributed by atoms with Crippen molar-refractivity contribution >= 4 is 11.7 Å². The van der Waals surface area contributed by atoms with Crippen LogP contribution < -0.4 is 10.2 Å². The van der Waals surface area contributed by atoms with Crippen molar-refractivity contribution < 1.29 is 4.79 Å². The number of anilines is 1. The molecule has 0 radical (unpaired) electrons. The molecule has 1 aliphatic heterocycles. The summed E-state index contributed by atoms with van der Waals surface area (Å²) in [6, 6.07) is 0.260. The van der Waals surface area contributed by atoms with E-state index in [-0.39, 0.29) is 11.9 Å². The van der Waals surface area contributed by atoms with Gasteiger partial charge in [0.2, 0.25) is 5.91 Å². The highest BCUT2D eigenvalue weighted by atomic mass is 16.1. The molecular weight excluding hydrogens is 288 g/mol. The predicted octanol–water partition coefficient (Wildman–Crippen LogP) is 2.40. The number of nitrogens with zero attached hydrogens (tertiary/aromatic N) is 3. The molecule has 2 aliphatic rings. The SMILES string of the molecule is CC(=O)N[C@H](C)C1CCN(c2nc(C)nc3c2CCCC3)CC1. The molecule has 1 aromatic heterocycles. The largest absolute Gasteiger partial charge is 0.356 e. The van der Waals surface area contributed by atoms with Crippen molar-refractivity contribution in [3.63, 3.8) is 0 Å². The Kier molecular flexibility index (Phi) is 4.83. The molecule has 0 unspecified atom stereocenters. The van der Waals surface area contributed by atoms with Crippen molar-refractivity contribution in [1.82, 2.24) is 15.3 Å². The fraction of sp³-hybridized carbons (Fsp3) is 0.722. The van der Waals surface area contributed by atoms with Gasteiger partial charge in [-0.2, -0.15) is 0 Å². The minimum absolute atomic E-state index is 0.0698. The second-order valence-corrected chi connectivity index (χ2v) is 7.04. The topological polar surface area (TPSA) is 58.1 Å². The van der Waals surface area contributed by atoms with Crippen LogP contribution in [0.1, 0.15) is 56.6 Å². The Morgan fingerprint density at radius 3 is 2.61 bits per heavy atom. The molecule has 2 heterocycles. The van der Waals surface area contributed by atoms with Crippen molar-refractivity contribution in [2.75, 3.05) is 18.0 Å². The smallest absolute Gasteiger partial charge is 0.217 e. The molecule has 0 saturated carbocycles. The first-order valence-electron chi connectivity index (χ1n) is 8.93. The predicted molar refractivity (Wildman–Crippen MR) is 91.6 cm³/mol. The summed E-state index contributed by atoms with van der Waals surface area (Å²) in [6.45, 7) is 7.78. The first kappa shape index (κ1) is 16.2. The van der Waals surface area contributed by atoms with Crippen molar-refractivity contribution in [1.29, 1.82) is 0 Å². The first-order valence-corrected chi connectivity index (χ1v) is 8.93. The summed E-state index contributed by atoms with van der Waals surface area (Å²) in [7, 11) is 0. The summed E-state index contributed by atoms with van der Waals surface area (Å²) >= 11 is 0. The van der Waals surface area contributed by atoms with E-state index in [1.54, 1.807) is 6.92 Å². The molecule has 1 amide bonds. The van der Waals surface area contributed by atoms with Gasteiger partial charge in [-0.25, -0.2) is 9.97 Å². The van der Waals surface area contributed by atoms with Gasteiger partial charge in [-0.15, -0.1) is 0 Å². The van der Waals surface area contributed by atoms with Gasteiger partial charge in [0.15, 0.2) is 0 Å². The first-order chi connectivity index (χ1) is 11.0. The van der Waals surface area contributed by atoms with Crippen LogP contribution in [-0.2, 0) is 17.6 Å². The Labute approximate surface area is 138 Å². The quantitative estimate of drug-likeness (QED) is 0.930. The summed E-state index contributed by atoms with van der Waals surface area (Å²) in [6.07, 6.45) is 6.94. The lowest BCUT2D eigenvalue weighted by Gasteiger charge is -2.37. The molecule has 126 valence electrons. The average molecular weight is 316 g/mol. The third kappa shape index (κ3) is 3.65. The number of rotatable bonds is 3. The minimum Gasteiger partial charge on any atom is -0.356 e. The third-order valence-corrected chi connectivity index (χ3v) is 5.25. The zero-order chi connectivity index (χ0) is 16.4. The van der Waals surface area contributed by atoms with Crippen molar-refractivity contribution in [2.45, 2.75) is 65.3 Å². The van der Waals surface area contributed by atoms with Crippen LogP contribution in [0, 0.1) is 12.8 Å². The molecule has 0 aromatic carbocycles. The van der Waals surface area contributed by atoms with Gasteiger partial charge in [-0.05, 0) is 58.3 Å². The van der Waals surface area contributed by atoms with E-state index in [4.69, 9.17) is 4.98 Å². The van der Waals surface area contributed by atoms with Crippen LogP contribution in [0.4, 0.5) is 5.82 Å². The van der Waals surface area contributed by atoms with Gasteiger partial charge in [0.05, 0.1) is 0 Å². The number of hydrogen-bond donors (Lipinski definition) is 1. The van der Waals surface area contributed by atoms with Crippen LogP contribution >= 0.6 is 0 Å². The van der Waals surface area contributed by atoms with Crippen molar-refractivity contribution in [3.8, 4) is 0 Å². The Hall–Kier alpha value is -1.65. The van der Waals surface area contributed by atoms with Gasteiger partial charge in [-0.1, -0.05) is 0 Å². The number of aryl methyl sites for hydroxylation is 2. The molecule has 0 spiro atoms. The van der Waals surface area contributed by atoms with Crippen LogP contribution in [0.2, 0.25) is 0 Å². The zero-order valence-corrected chi connectivity index (χ0v) is 14.6. The number of aromatic nitrogens is 2. The van der Waals surface area contributed by atoms with E-state index in [0.717, 1.165) is 44.6 Å². The number of nitrogens with one attached hydrogen (secondary N) is 1. The van der Waals surface area contributed by atoms with Gasteiger partial charge < -0.3 is 10.2 Å². The molecule has 1 N–H and O–H groups in total. The lowest BCUT2D eigenvalue weighted by Crippen LogP contribution is -2.44. The van der Waals surface area contributed by atoms with Crippen LogP contribution in [0.5, 0.6) is 0 Å². The van der Waals surface area contributed by atoms with E-state index >= 15 is 0 Å². The Morgan fingerprint density at radius 1 is 1.22 bits per heavy atom. The average Bonchev–Trinajstić information content (AvgIpc) is 2.53. The molecule has 1 aromatic rings. The minimum atomic E-state index is 0.0698. The highest BCUT2D eigenvalue weighted by molar-refractivity contribution is 5.73. The van der Waals surface area contributed by atoms with Crippen molar-refractivity contribution in [2.24, 2.45) is 5.92 Å². The standard InChI is InChI=1S/C18H28N4O/c1-12(19-14(3)23)15-8-10-22(11-9-15)18-16-6-4-5-7-17(16)20-13(2)21-18/h12,15H,4-11H2,1-3H3,(H,19,23)/t12-/m1/s1. The Bertz CT molecular complexity index is 579. The molecule has 1 saturated heterocycles. The fourth-order valence-corrected chi connectivity index (χ4v) is 4.01. The third-order valence-electron chi connectivity index (χ3n) is 5.25. The van der Waals surface area contributed by atoms with Crippen LogP contribution in [0.15, 0.2) is 0 Å². The van der Waals surface area contributed by atoms with Gasteiger partial charge in [0.25, 0.3) is 0 Å². The number of amides is 1. The number of carbonyl (C=O) groups excluding carboxylic acids is 1. The highest BCUT2D eigenvalue weighted by Gasteiger charge is 2.27. The fourth-order valence-electron chi connectivity index (χ4n) is 4.01. The number of fused-ring (bicyclic) bond motifs is 1. The normalized spacial score (nSPS) is 20.0. The highest BCUT2D eigenvalue weighted by Crippen LogP contribution is 2.31. The maximum Gasteiger partial charge on any atom is 0.217 e. The second kappa shape index (κ2) is 6.85. The lowest BCUT2D eigenvalue weighted by atomic mass is 9.89. The maximum atomic E-state index is 11.2. The van der Waals surface area contributed by atoms with E-state index in [9.17, 15) is 4.79 Å². The Morgan fingerprint density at radius 2 is 1.91 bits per heavy atom. The molecule has 1 atom stereocenters. The number of piperidine rings is 1. The van der Waals surface area contributed by atoms with E-state index in [2.05, 4.69) is 22.1 Å². The lowest BCUT2D eigenvalue weighted by molar-refractivity contribution is -0.119. The van der Waals surface area contributed by atoms with E-state index in [0.29, 0.717) is 5.92 Å². The second-order valence-electron chi connectivity index (χ2n) is 7.04. The van der Waals surface area contributed by atoms with Gasteiger partial charge in [0, 0.05) is 37.3 Å². The molecule has 0 bridgehead atoms. The maximum absolute atomic E-state index is 11.2. The molecule has 3 rings (SSSR count). The van der Waals surface area contributed by atoms with Crippen LogP contribution in [0.3, 0.4) is 0 Å². The Balaban J connectivity index is 1.70. The molecule has 5 nitrogen and oxygen atoms in total. The summed E-state index contributed by atoms with van der Waals surface area (Å²) < 4.78 is 0. The molecule has 5 heteroatoms. The molecule has 1 aliphatic carbocycles. The van der Waals surface area contributed by atoms with E-state index in [1.807, 2.05) is 6.92 Å². The van der Waals surface area contributed by atoms with Gasteiger partial charge >= 0.3 is 0 Å². The summed E-state index contributed by atoms with van der Waals surface area (Å²) in [5.41, 5.74) is 2.66. The van der Waals surface area contributed by atoms with Gasteiger partial charge in [-0.3, -0.25) is 4.79 Å². The summed E-state index contributed by atoms with van der Waals surface area (Å²) in [5, 5.41) is 3.04.